The van der Waals surface area contributed by atoms with E-state index in [2.05, 4.69) is 26.8 Å². The Kier molecular flexibility index (Phi) is 6.14. The topological polar surface area (TPSA) is 69.7 Å². The standard InChI is InChI=1S/C29H35ClO5/c1-18(2)24-11-21-12-27(16-31)23-10-9-19(3)22(23)13-28(21,17-35-25(32)14-30)29(24,27)26(33)34-15-20-7-5-4-6-8-20/h4-8,11,16,18-19,21-23H,9-10,12-15,17H2,1-3H3/t19-,21+,22-,23-,27+,28+,29+/m1/s1. The Morgan fingerprint density at radius 3 is 2.54 bits per heavy atom. The van der Waals surface area contributed by atoms with Crippen LogP contribution in [0.3, 0.4) is 0 Å². The minimum Gasteiger partial charge on any atom is -0.464 e. The third kappa shape index (κ3) is 3.16. The van der Waals surface area contributed by atoms with Crippen molar-refractivity contribution in [2.75, 3.05) is 12.5 Å². The Morgan fingerprint density at radius 1 is 1.14 bits per heavy atom. The average molecular weight is 499 g/mol. The van der Waals surface area contributed by atoms with Crippen molar-refractivity contribution in [1.82, 2.24) is 0 Å². The lowest BCUT2D eigenvalue weighted by molar-refractivity contribution is -0.194. The first-order valence-corrected chi connectivity index (χ1v) is 13.4. The number of hydrogen-bond acceptors (Lipinski definition) is 5. The molecule has 3 fully saturated rings. The molecular formula is C29H35ClO5. The van der Waals surface area contributed by atoms with E-state index < -0.39 is 22.2 Å². The van der Waals surface area contributed by atoms with Crippen molar-refractivity contribution in [3.63, 3.8) is 0 Å². The Balaban J connectivity index is 1.66. The minimum atomic E-state index is -1.13. The van der Waals surface area contributed by atoms with Crippen molar-refractivity contribution in [3.05, 3.63) is 47.5 Å². The van der Waals surface area contributed by atoms with Crippen LogP contribution in [0.15, 0.2) is 42.0 Å². The molecule has 0 aliphatic heterocycles. The third-order valence-corrected chi connectivity index (χ3v) is 10.1. The predicted octanol–water partition coefficient (Wildman–Crippen LogP) is 5.35. The molecule has 0 radical (unpaired) electrons. The average Bonchev–Trinajstić information content (AvgIpc) is 3.43. The van der Waals surface area contributed by atoms with Crippen molar-refractivity contribution in [3.8, 4) is 0 Å². The maximum absolute atomic E-state index is 14.5. The van der Waals surface area contributed by atoms with E-state index in [9.17, 15) is 14.4 Å². The van der Waals surface area contributed by atoms with Crippen LogP contribution in [0.5, 0.6) is 0 Å². The van der Waals surface area contributed by atoms with Gasteiger partial charge >= 0.3 is 11.9 Å². The summed E-state index contributed by atoms with van der Waals surface area (Å²) in [7, 11) is 0. The van der Waals surface area contributed by atoms with E-state index in [0.717, 1.165) is 36.7 Å². The molecule has 5 rings (SSSR count). The van der Waals surface area contributed by atoms with Gasteiger partial charge in [-0.3, -0.25) is 9.59 Å². The van der Waals surface area contributed by atoms with E-state index >= 15 is 0 Å². The highest BCUT2D eigenvalue weighted by atomic mass is 35.5. The molecule has 5 nitrogen and oxygen atoms in total. The quantitative estimate of drug-likeness (QED) is 0.209. The molecule has 3 saturated carbocycles. The maximum Gasteiger partial charge on any atom is 0.320 e. The summed E-state index contributed by atoms with van der Waals surface area (Å²) in [6.07, 6.45) is 6.66. The van der Waals surface area contributed by atoms with Crippen molar-refractivity contribution >= 4 is 29.8 Å². The summed E-state index contributed by atoms with van der Waals surface area (Å²) in [6, 6.07) is 9.62. The number of halogens is 1. The first-order valence-electron chi connectivity index (χ1n) is 12.9. The molecule has 188 valence electrons. The highest BCUT2D eigenvalue weighted by Crippen LogP contribution is 2.82. The number of rotatable bonds is 8. The second kappa shape index (κ2) is 8.76. The molecule has 35 heavy (non-hydrogen) atoms. The third-order valence-electron chi connectivity index (χ3n) is 9.92. The molecular weight excluding hydrogens is 464 g/mol. The monoisotopic (exact) mass is 498 g/mol. The van der Waals surface area contributed by atoms with E-state index in [1.54, 1.807) is 0 Å². The highest BCUT2D eigenvalue weighted by molar-refractivity contribution is 6.26. The van der Waals surface area contributed by atoms with Gasteiger partial charge in [0.1, 0.15) is 24.2 Å². The van der Waals surface area contributed by atoms with Gasteiger partial charge in [0.05, 0.1) is 12.0 Å². The minimum absolute atomic E-state index is 0.0182. The summed E-state index contributed by atoms with van der Waals surface area (Å²) < 4.78 is 11.8. The largest absolute Gasteiger partial charge is 0.464 e. The fourth-order valence-electron chi connectivity index (χ4n) is 8.69. The van der Waals surface area contributed by atoms with Crippen molar-refractivity contribution in [1.29, 1.82) is 0 Å². The predicted molar refractivity (Wildman–Crippen MR) is 132 cm³/mol. The lowest BCUT2D eigenvalue weighted by Crippen LogP contribution is -2.64. The fraction of sp³-hybridized carbons (Fsp3) is 0.621. The summed E-state index contributed by atoms with van der Waals surface area (Å²) in [4.78, 5) is 40.0. The summed E-state index contributed by atoms with van der Waals surface area (Å²) in [5.74, 6) is -0.132. The second-order valence-electron chi connectivity index (χ2n) is 11.5. The number of allylic oxidation sites excluding steroid dienone is 1. The number of esters is 2. The molecule has 4 bridgehead atoms. The zero-order valence-corrected chi connectivity index (χ0v) is 21.6. The van der Waals surface area contributed by atoms with Gasteiger partial charge in [0.25, 0.3) is 0 Å². The van der Waals surface area contributed by atoms with Crippen LogP contribution in [-0.2, 0) is 30.5 Å². The van der Waals surface area contributed by atoms with Gasteiger partial charge in [-0.05, 0) is 54.4 Å². The molecule has 0 amide bonds. The Morgan fingerprint density at radius 2 is 1.89 bits per heavy atom. The molecule has 4 aliphatic carbocycles. The molecule has 0 heterocycles. The normalized spacial score (nSPS) is 38.7. The highest BCUT2D eigenvalue weighted by Gasteiger charge is 2.84. The zero-order valence-electron chi connectivity index (χ0n) is 20.8. The van der Waals surface area contributed by atoms with Crippen molar-refractivity contribution in [2.45, 2.75) is 53.1 Å². The van der Waals surface area contributed by atoms with Crippen LogP contribution < -0.4 is 0 Å². The molecule has 1 aromatic carbocycles. The first kappa shape index (κ1) is 24.5. The van der Waals surface area contributed by atoms with Crippen LogP contribution >= 0.6 is 11.6 Å². The summed E-state index contributed by atoms with van der Waals surface area (Å²) in [5, 5.41) is 0. The molecule has 6 heteroatoms. The lowest BCUT2D eigenvalue weighted by atomic mass is 9.43. The number of aldehydes is 1. The smallest absolute Gasteiger partial charge is 0.320 e. The molecule has 4 aliphatic rings. The number of fused-ring (bicyclic) bond motifs is 2. The Bertz CT molecular complexity index is 1050. The SMILES string of the molecule is CC(C)C1=C[C@H]2C[C@]3(C=O)[C@@H]4CC[C@@H](C)[C@H]4C[C@@]2(COC(=O)CCl)[C@]13C(=O)OCc1ccccc1. The lowest BCUT2D eigenvalue weighted by Gasteiger charge is -2.58. The number of ether oxygens (including phenoxy) is 2. The van der Waals surface area contributed by atoms with Gasteiger partial charge in [0, 0.05) is 5.41 Å². The van der Waals surface area contributed by atoms with Gasteiger partial charge in [-0.15, -0.1) is 11.6 Å². The van der Waals surface area contributed by atoms with E-state index in [4.69, 9.17) is 21.1 Å². The van der Waals surface area contributed by atoms with Crippen LogP contribution in [0.4, 0.5) is 0 Å². The van der Waals surface area contributed by atoms with E-state index in [0.29, 0.717) is 18.3 Å². The molecule has 0 N–H and O–H groups in total. The maximum atomic E-state index is 14.5. The van der Waals surface area contributed by atoms with Crippen molar-refractivity contribution < 1.29 is 23.9 Å². The molecule has 0 aromatic heterocycles. The summed E-state index contributed by atoms with van der Waals surface area (Å²) in [5.41, 5.74) is -0.782. The molecule has 1 aromatic rings. The number of hydrogen-bond donors (Lipinski definition) is 0. The van der Waals surface area contributed by atoms with Gasteiger partial charge in [0.2, 0.25) is 0 Å². The van der Waals surface area contributed by atoms with Crippen LogP contribution in [0, 0.1) is 45.8 Å². The van der Waals surface area contributed by atoms with E-state index in [1.807, 2.05) is 30.3 Å². The number of alkyl halides is 1. The van der Waals surface area contributed by atoms with Gasteiger partial charge in [-0.1, -0.05) is 69.2 Å². The number of carbonyl (C=O) groups is 3. The first-order chi connectivity index (χ1) is 16.8. The number of carbonyl (C=O) groups excluding carboxylic acids is 3. The van der Waals surface area contributed by atoms with Crippen LogP contribution in [0.2, 0.25) is 0 Å². The van der Waals surface area contributed by atoms with Gasteiger partial charge in [-0.2, -0.15) is 0 Å². The van der Waals surface area contributed by atoms with Crippen LogP contribution in [0.25, 0.3) is 0 Å². The zero-order chi connectivity index (χ0) is 25.0. The van der Waals surface area contributed by atoms with Crippen molar-refractivity contribution in [2.24, 2.45) is 45.8 Å². The van der Waals surface area contributed by atoms with Gasteiger partial charge in [-0.25, -0.2) is 0 Å². The van der Waals surface area contributed by atoms with E-state index in [-0.39, 0.29) is 42.8 Å². The van der Waals surface area contributed by atoms with Gasteiger partial charge in [0.15, 0.2) is 0 Å². The van der Waals surface area contributed by atoms with Crippen LogP contribution in [0.1, 0.15) is 52.0 Å². The Hall–Kier alpha value is -2.14. The molecule has 0 saturated heterocycles. The Labute approximate surface area is 212 Å². The van der Waals surface area contributed by atoms with Gasteiger partial charge < -0.3 is 14.3 Å². The number of benzene rings is 1. The summed E-state index contributed by atoms with van der Waals surface area (Å²) >= 11 is 5.78. The second-order valence-corrected chi connectivity index (χ2v) is 11.8. The van der Waals surface area contributed by atoms with Crippen LogP contribution in [-0.4, -0.2) is 30.7 Å². The molecule has 0 spiro atoms. The molecule has 0 unspecified atom stereocenters. The molecule has 7 atom stereocenters. The van der Waals surface area contributed by atoms with E-state index in [1.165, 1.54) is 0 Å². The fourth-order valence-corrected chi connectivity index (χ4v) is 8.77. The summed E-state index contributed by atoms with van der Waals surface area (Å²) in [6.45, 7) is 6.66.